The fourth-order valence-electron chi connectivity index (χ4n) is 1.83. The first-order valence-electron chi connectivity index (χ1n) is 5.62. The van der Waals surface area contributed by atoms with Crippen LogP contribution in [0.25, 0.3) is 0 Å². The molecule has 1 saturated carbocycles. The summed E-state index contributed by atoms with van der Waals surface area (Å²) in [6.07, 6.45) is 5.49. The van der Waals surface area contributed by atoms with E-state index in [1.807, 2.05) is 0 Å². The van der Waals surface area contributed by atoms with E-state index in [0.717, 1.165) is 12.0 Å². The molecule has 0 aromatic rings. The van der Waals surface area contributed by atoms with Crippen molar-refractivity contribution in [3.8, 4) is 0 Å². The standard InChI is InChI=1S/C11H24N2/c1-4-11(10-6-7-10)12-8-5-9-13(2)3/h10-12H,4-9H2,1-3H3. The zero-order valence-electron chi connectivity index (χ0n) is 9.34. The van der Waals surface area contributed by atoms with Crippen molar-refractivity contribution < 1.29 is 0 Å². The summed E-state index contributed by atoms with van der Waals surface area (Å²) < 4.78 is 0. The van der Waals surface area contributed by atoms with Crippen molar-refractivity contribution in [2.45, 2.75) is 38.6 Å². The van der Waals surface area contributed by atoms with Gasteiger partial charge in [-0.3, -0.25) is 0 Å². The number of rotatable bonds is 7. The number of hydrogen-bond donors (Lipinski definition) is 1. The Hall–Kier alpha value is -0.0800. The van der Waals surface area contributed by atoms with Crippen molar-refractivity contribution >= 4 is 0 Å². The smallest absolute Gasteiger partial charge is 0.00927 e. The van der Waals surface area contributed by atoms with Gasteiger partial charge in [0.15, 0.2) is 0 Å². The highest BCUT2D eigenvalue weighted by Gasteiger charge is 2.28. The van der Waals surface area contributed by atoms with E-state index in [9.17, 15) is 0 Å². The minimum Gasteiger partial charge on any atom is -0.314 e. The lowest BCUT2D eigenvalue weighted by Crippen LogP contribution is -2.32. The molecule has 0 aromatic heterocycles. The molecule has 1 rings (SSSR count). The van der Waals surface area contributed by atoms with Gasteiger partial charge in [0.2, 0.25) is 0 Å². The molecule has 13 heavy (non-hydrogen) atoms. The normalized spacial score (nSPS) is 19.4. The summed E-state index contributed by atoms with van der Waals surface area (Å²) >= 11 is 0. The Labute approximate surface area is 82.7 Å². The average molecular weight is 184 g/mol. The second-order valence-corrected chi connectivity index (χ2v) is 4.46. The predicted molar refractivity (Wildman–Crippen MR) is 58.0 cm³/mol. The molecule has 1 unspecified atom stereocenters. The molecule has 1 atom stereocenters. The summed E-state index contributed by atoms with van der Waals surface area (Å²) in [5.74, 6) is 1.00. The summed E-state index contributed by atoms with van der Waals surface area (Å²) in [6, 6.07) is 0.808. The quantitative estimate of drug-likeness (QED) is 0.606. The van der Waals surface area contributed by atoms with E-state index in [1.54, 1.807) is 0 Å². The highest BCUT2D eigenvalue weighted by molar-refractivity contribution is 4.85. The van der Waals surface area contributed by atoms with E-state index < -0.39 is 0 Å². The topological polar surface area (TPSA) is 15.3 Å². The van der Waals surface area contributed by atoms with Crippen LogP contribution in [0.2, 0.25) is 0 Å². The van der Waals surface area contributed by atoms with Crippen molar-refractivity contribution in [3.63, 3.8) is 0 Å². The molecule has 0 aromatic carbocycles. The summed E-state index contributed by atoms with van der Waals surface area (Å²) in [4.78, 5) is 2.25. The molecular weight excluding hydrogens is 160 g/mol. The Morgan fingerprint density at radius 1 is 1.38 bits per heavy atom. The van der Waals surface area contributed by atoms with E-state index in [2.05, 4.69) is 31.2 Å². The Morgan fingerprint density at radius 3 is 2.54 bits per heavy atom. The van der Waals surface area contributed by atoms with Gasteiger partial charge in [-0.15, -0.1) is 0 Å². The zero-order valence-corrected chi connectivity index (χ0v) is 9.34. The maximum absolute atomic E-state index is 3.66. The van der Waals surface area contributed by atoms with Crippen LogP contribution in [0.3, 0.4) is 0 Å². The third-order valence-corrected chi connectivity index (χ3v) is 2.82. The summed E-state index contributed by atoms with van der Waals surface area (Å²) in [5, 5.41) is 3.66. The molecule has 0 aliphatic heterocycles. The van der Waals surface area contributed by atoms with E-state index >= 15 is 0 Å². The monoisotopic (exact) mass is 184 g/mol. The molecule has 2 heteroatoms. The Kier molecular flexibility index (Phi) is 4.74. The van der Waals surface area contributed by atoms with Gasteiger partial charge >= 0.3 is 0 Å². The maximum atomic E-state index is 3.66. The van der Waals surface area contributed by atoms with Crippen LogP contribution in [0.1, 0.15) is 32.6 Å². The van der Waals surface area contributed by atoms with Crippen molar-refractivity contribution in [2.24, 2.45) is 5.92 Å². The lowest BCUT2D eigenvalue weighted by atomic mass is 10.1. The third kappa shape index (κ3) is 4.63. The first-order chi connectivity index (χ1) is 6.24. The molecule has 0 heterocycles. The number of hydrogen-bond acceptors (Lipinski definition) is 2. The summed E-state index contributed by atoms with van der Waals surface area (Å²) in [7, 11) is 4.27. The number of nitrogens with one attached hydrogen (secondary N) is 1. The first kappa shape index (κ1) is 11.0. The summed E-state index contributed by atoms with van der Waals surface area (Å²) in [5.41, 5.74) is 0. The van der Waals surface area contributed by atoms with Crippen molar-refractivity contribution in [1.29, 1.82) is 0 Å². The molecule has 1 aliphatic rings. The van der Waals surface area contributed by atoms with Crippen molar-refractivity contribution in [1.82, 2.24) is 10.2 Å². The van der Waals surface area contributed by atoms with Crippen molar-refractivity contribution in [3.05, 3.63) is 0 Å². The minimum absolute atomic E-state index is 0.808. The van der Waals surface area contributed by atoms with Gasteiger partial charge in [-0.05, 0) is 58.8 Å². The van der Waals surface area contributed by atoms with E-state index in [-0.39, 0.29) is 0 Å². The molecule has 0 spiro atoms. The SMILES string of the molecule is CCC(NCCCN(C)C)C1CC1. The average Bonchev–Trinajstić information content (AvgIpc) is 2.87. The van der Waals surface area contributed by atoms with Crippen LogP contribution < -0.4 is 5.32 Å². The van der Waals surface area contributed by atoms with Crippen molar-refractivity contribution in [2.75, 3.05) is 27.2 Å². The minimum atomic E-state index is 0.808. The van der Waals surface area contributed by atoms with E-state index in [1.165, 1.54) is 38.8 Å². The van der Waals surface area contributed by atoms with Gasteiger partial charge in [-0.25, -0.2) is 0 Å². The van der Waals surface area contributed by atoms with Crippen LogP contribution in [0.4, 0.5) is 0 Å². The molecule has 1 fully saturated rings. The Bertz CT molecular complexity index is 130. The van der Waals surface area contributed by atoms with Crippen LogP contribution in [-0.4, -0.2) is 38.1 Å². The lowest BCUT2D eigenvalue weighted by Gasteiger charge is -2.17. The van der Waals surface area contributed by atoms with E-state index in [4.69, 9.17) is 0 Å². The van der Waals surface area contributed by atoms with E-state index in [0.29, 0.717) is 0 Å². The van der Waals surface area contributed by atoms with Crippen LogP contribution in [-0.2, 0) is 0 Å². The van der Waals surface area contributed by atoms with Crippen LogP contribution in [0.5, 0.6) is 0 Å². The molecule has 0 saturated heterocycles. The second-order valence-electron chi connectivity index (χ2n) is 4.46. The molecule has 2 nitrogen and oxygen atoms in total. The summed E-state index contributed by atoms with van der Waals surface area (Å²) in [6.45, 7) is 4.68. The van der Waals surface area contributed by atoms with Gasteiger partial charge in [-0.1, -0.05) is 6.92 Å². The molecule has 78 valence electrons. The third-order valence-electron chi connectivity index (χ3n) is 2.82. The fourth-order valence-corrected chi connectivity index (χ4v) is 1.83. The first-order valence-corrected chi connectivity index (χ1v) is 5.62. The van der Waals surface area contributed by atoms with Crippen LogP contribution in [0, 0.1) is 5.92 Å². The second kappa shape index (κ2) is 5.61. The largest absolute Gasteiger partial charge is 0.314 e. The van der Waals surface area contributed by atoms with Gasteiger partial charge in [0, 0.05) is 6.04 Å². The Morgan fingerprint density at radius 2 is 2.08 bits per heavy atom. The fraction of sp³-hybridized carbons (Fsp3) is 1.00. The van der Waals surface area contributed by atoms with Gasteiger partial charge < -0.3 is 10.2 Å². The van der Waals surface area contributed by atoms with Gasteiger partial charge in [0.25, 0.3) is 0 Å². The molecule has 1 aliphatic carbocycles. The van der Waals surface area contributed by atoms with Crippen LogP contribution in [0.15, 0.2) is 0 Å². The van der Waals surface area contributed by atoms with Gasteiger partial charge in [0.1, 0.15) is 0 Å². The lowest BCUT2D eigenvalue weighted by molar-refractivity contribution is 0.376. The predicted octanol–water partition coefficient (Wildman–Crippen LogP) is 1.72. The van der Waals surface area contributed by atoms with Crippen LogP contribution >= 0.6 is 0 Å². The number of nitrogens with zero attached hydrogens (tertiary/aromatic N) is 1. The molecule has 0 amide bonds. The highest BCUT2D eigenvalue weighted by atomic mass is 15.1. The molecule has 0 radical (unpaired) electrons. The van der Waals surface area contributed by atoms with Gasteiger partial charge in [0.05, 0.1) is 0 Å². The zero-order chi connectivity index (χ0) is 9.68. The molecular formula is C11H24N2. The highest BCUT2D eigenvalue weighted by Crippen LogP contribution is 2.33. The molecule has 0 bridgehead atoms. The maximum Gasteiger partial charge on any atom is 0.00927 e. The molecule has 1 N–H and O–H groups in total. The Balaban J connectivity index is 1.96. The van der Waals surface area contributed by atoms with Gasteiger partial charge in [-0.2, -0.15) is 0 Å².